The topological polar surface area (TPSA) is 84.9 Å². The lowest BCUT2D eigenvalue weighted by atomic mass is 9.99. The summed E-state index contributed by atoms with van der Waals surface area (Å²) in [4.78, 5) is 23.6. The first-order valence-corrected chi connectivity index (χ1v) is 10.7. The summed E-state index contributed by atoms with van der Waals surface area (Å²) in [7, 11) is -2.20. The second kappa shape index (κ2) is 6.81. The Kier molecular flexibility index (Phi) is 6.49. The first-order chi connectivity index (χ1) is 9.89. The van der Waals surface area contributed by atoms with Crippen molar-refractivity contribution in [2.45, 2.75) is 90.8 Å². The number of carboxylic acid groups (broad SMARTS) is 1. The predicted molar refractivity (Wildman–Crippen MR) is 93.2 cm³/mol. The van der Waals surface area contributed by atoms with Crippen molar-refractivity contribution in [1.29, 1.82) is 0 Å². The molecule has 0 aromatic carbocycles. The maximum Gasteiger partial charge on any atom is 0.408 e. The highest BCUT2D eigenvalue weighted by atomic mass is 28.4. The maximum absolute atomic E-state index is 11.9. The van der Waals surface area contributed by atoms with E-state index in [0.29, 0.717) is 0 Å². The van der Waals surface area contributed by atoms with Crippen LogP contribution in [0.1, 0.15) is 55.4 Å². The van der Waals surface area contributed by atoms with Crippen LogP contribution in [0.25, 0.3) is 0 Å². The third kappa shape index (κ3) is 6.91. The average molecular weight is 348 g/mol. The number of carboxylic acids is 1. The van der Waals surface area contributed by atoms with Gasteiger partial charge in [0.1, 0.15) is 5.60 Å². The first kappa shape index (κ1) is 21.9. The lowest BCUT2D eigenvalue weighted by Gasteiger charge is -2.44. The monoisotopic (exact) mass is 347 g/mol. The summed E-state index contributed by atoms with van der Waals surface area (Å²) in [6.07, 6.45) is -0.767. The molecule has 1 atom stereocenters. The van der Waals surface area contributed by atoms with E-state index in [1.165, 1.54) is 0 Å². The van der Waals surface area contributed by atoms with E-state index >= 15 is 0 Å². The number of carbonyl (C=O) groups excluding carboxylic acids is 1. The molecule has 136 valence electrons. The van der Waals surface area contributed by atoms with Crippen LogP contribution in [0.15, 0.2) is 0 Å². The Morgan fingerprint density at radius 2 is 1.43 bits per heavy atom. The minimum absolute atomic E-state index is 0.0702. The van der Waals surface area contributed by atoms with Gasteiger partial charge in [-0.05, 0) is 52.8 Å². The largest absolute Gasteiger partial charge is 0.480 e. The zero-order valence-electron chi connectivity index (χ0n) is 16.2. The Balaban J connectivity index is 5.29. The number of nitrogens with one attached hydrogen (secondary N) is 1. The van der Waals surface area contributed by atoms with Crippen LogP contribution in [0, 0.1) is 0 Å². The molecule has 0 aliphatic heterocycles. The van der Waals surface area contributed by atoms with Gasteiger partial charge in [-0.2, -0.15) is 0 Å². The number of amides is 1. The van der Waals surface area contributed by atoms with Gasteiger partial charge in [-0.15, -0.1) is 0 Å². The molecule has 0 unspecified atom stereocenters. The van der Waals surface area contributed by atoms with E-state index in [-0.39, 0.29) is 5.04 Å². The van der Waals surface area contributed by atoms with Gasteiger partial charge in [0.25, 0.3) is 0 Å². The Hall–Kier alpha value is -1.08. The number of rotatable bonds is 5. The highest BCUT2D eigenvalue weighted by molar-refractivity contribution is 6.74. The van der Waals surface area contributed by atoms with E-state index in [0.717, 1.165) is 0 Å². The van der Waals surface area contributed by atoms with E-state index in [2.05, 4.69) is 26.1 Å². The summed E-state index contributed by atoms with van der Waals surface area (Å²) >= 11 is 0. The molecular weight excluding hydrogens is 314 g/mol. The molecule has 0 fully saturated rings. The van der Waals surface area contributed by atoms with E-state index in [1.807, 2.05) is 13.1 Å². The Bertz CT molecular complexity index is 446. The fourth-order valence-electron chi connectivity index (χ4n) is 1.83. The maximum atomic E-state index is 11.9. The molecule has 0 heterocycles. The van der Waals surface area contributed by atoms with Crippen molar-refractivity contribution in [3.8, 4) is 0 Å². The molecule has 7 heteroatoms. The van der Waals surface area contributed by atoms with Gasteiger partial charge in [0, 0.05) is 0 Å². The molecule has 0 rings (SSSR count). The normalized spacial score (nSPS) is 15.0. The summed E-state index contributed by atoms with van der Waals surface area (Å²) < 4.78 is 11.4. The van der Waals surface area contributed by atoms with E-state index in [4.69, 9.17) is 9.16 Å². The van der Waals surface area contributed by atoms with Crippen molar-refractivity contribution >= 4 is 20.4 Å². The van der Waals surface area contributed by atoms with Gasteiger partial charge >= 0.3 is 12.1 Å². The fraction of sp³-hybridized carbons (Fsp3) is 0.875. The van der Waals surface area contributed by atoms with Crippen LogP contribution >= 0.6 is 0 Å². The molecule has 1 amide bonds. The number of hydrogen-bond donors (Lipinski definition) is 2. The molecule has 0 spiro atoms. The van der Waals surface area contributed by atoms with Crippen LogP contribution in [0.5, 0.6) is 0 Å². The van der Waals surface area contributed by atoms with Gasteiger partial charge in [0.05, 0.1) is 5.60 Å². The van der Waals surface area contributed by atoms with Crippen LogP contribution in [-0.4, -0.2) is 42.7 Å². The SMILES string of the molecule is CC(C)(C)OC(=O)N[C@H](C(=O)O)C(C)(C)O[Si](C)(C)C(C)(C)C. The van der Waals surface area contributed by atoms with Crippen LogP contribution in [0.3, 0.4) is 0 Å². The standard InChI is InChI=1S/C16H33NO5Si/c1-14(2,3)21-13(20)17-11(12(18)19)16(7,8)22-23(9,10)15(4,5)6/h11H,1-10H3,(H,17,20)(H,18,19)/t11-/m1/s1. The summed E-state index contributed by atoms with van der Waals surface area (Å²) in [5.41, 5.74) is -1.76. The highest BCUT2D eigenvalue weighted by Crippen LogP contribution is 2.39. The minimum Gasteiger partial charge on any atom is -0.480 e. The van der Waals surface area contributed by atoms with Gasteiger partial charge in [-0.25, -0.2) is 9.59 Å². The molecule has 0 saturated carbocycles. The third-order valence-corrected chi connectivity index (χ3v) is 8.58. The zero-order chi connectivity index (χ0) is 18.9. The lowest BCUT2D eigenvalue weighted by molar-refractivity contribution is -0.145. The van der Waals surface area contributed by atoms with E-state index in [1.54, 1.807) is 34.6 Å². The zero-order valence-corrected chi connectivity index (χ0v) is 17.2. The van der Waals surface area contributed by atoms with Crippen molar-refractivity contribution in [2.75, 3.05) is 0 Å². The summed E-state index contributed by atoms with van der Waals surface area (Å²) in [5, 5.41) is 11.9. The predicted octanol–water partition coefficient (Wildman–Crippen LogP) is 3.76. The van der Waals surface area contributed by atoms with Crippen LogP contribution < -0.4 is 5.32 Å². The average Bonchev–Trinajstić information content (AvgIpc) is 2.19. The smallest absolute Gasteiger partial charge is 0.408 e. The number of alkyl carbamates (subject to hydrolysis) is 1. The Morgan fingerprint density at radius 3 is 1.74 bits per heavy atom. The van der Waals surface area contributed by atoms with Crippen molar-refractivity contribution in [3.05, 3.63) is 0 Å². The fourth-order valence-corrected chi connectivity index (χ4v) is 3.57. The van der Waals surface area contributed by atoms with E-state index < -0.39 is 37.6 Å². The molecule has 0 saturated heterocycles. The molecule has 0 bridgehead atoms. The first-order valence-electron chi connectivity index (χ1n) is 7.81. The van der Waals surface area contributed by atoms with Crippen molar-refractivity contribution in [2.24, 2.45) is 0 Å². The quantitative estimate of drug-likeness (QED) is 0.740. The van der Waals surface area contributed by atoms with Gasteiger partial charge in [-0.1, -0.05) is 20.8 Å². The van der Waals surface area contributed by atoms with E-state index in [9.17, 15) is 14.7 Å². The Morgan fingerprint density at radius 1 is 1.00 bits per heavy atom. The number of aliphatic carboxylic acids is 1. The molecule has 0 aliphatic carbocycles. The molecular formula is C16H33NO5Si. The Labute approximate surface area is 141 Å². The molecule has 23 heavy (non-hydrogen) atoms. The van der Waals surface area contributed by atoms with Crippen LogP contribution in [0.4, 0.5) is 4.79 Å². The van der Waals surface area contributed by atoms with Crippen molar-refractivity contribution in [3.63, 3.8) is 0 Å². The van der Waals surface area contributed by atoms with Crippen LogP contribution in [-0.2, 0) is 14.0 Å². The van der Waals surface area contributed by atoms with Crippen molar-refractivity contribution in [1.82, 2.24) is 5.32 Å². The number of carbonyl (C=O) groups is 2. The molecule has 0 radical (unpaired) electrons. The molecule has 6 nitrogen and oxygen atoms in total. The number of ether oxygens (including phenoxy) is 1. The minimum atomic E-state index is -2.20. The van der Waals surface area contributed by atoms with Gasteiger partial charge < -0.3 is 19.6 Å². The van der Waals surface area contributed by atoms with Gasteiger partial charge in [0.2, 0.25) is 0 Å². The summed E-state index contributed by atoms with van der Waals surface area (Å²) in [6.45, 7) is 18.8. The second-order valence-electron chi connectivity index (χ2n) is 8.88. The van der Waals surface area contributed by atoms with Crippen LogP contribution in [0.2, 0.25) is 18.1 Å². The molecule has 2 N–H and O–H groups in total. The van der Waals surface area contributed by atoms with Gasteiger partial charge in [-0.3, -0.25) is 0 Å². The summed E-state index contributed by atoms with van der Waals surface area (Å²) in [5.74, 6) is -1.15. The van der Waals surface area contributed by atoms with Gasteiger partial charge in [0.15, 0.2) is 14.4 Å². The molecule has 0 aromatic rings. The molecule has 0 aliphatic rings. The second-order valence-corrected chi connectivity index (χ2v) is 13.6. The lowest BCUT2D eigenvalue weighted by Crippen LogP contribution is -2.60. The summed E-state index contributed by atoms with van der Waals surface area (Å²) in [6, 6.07) is -1.20. The number of hydrogen-bond acceptors (Lipinski definition) is 4. The van der Waals surface area contributed by atoms with Crippen molar-refractivity contribution < 1.29 is 23.9 Å². The third-order valence-electron chi connectivity index (χ3n) is 3.93. The molecule has 0 aromatic heterocycles. The highest BCUT2D eigenvalue weighted by Gasteiger charge is 2.47.